The molecule has 1 unspecified atom stereocenters. The van der Waals surface area contributed by atoms with E-state index >= 15 is 0 Å². The number of nitrogens with zero attached hydrogens (tertiary/aromatic N) is 1. The molecule has 2 aromatic heterocycles. The number of nitrogens with one attached hydrogen (secondary N) is 2. The minimum absolute atomic E-state index is 0.0000846. The molecule has 7 heteroatoms. The number of hydrogen-bond acceptors (Lipinski definition) is 5. The second-order valence-corrected chi connectivity index (χ2v) is 9.24. The molecule has 1 atom stereocenters. The first-order chi connectivity index (χ1) is 13.6. The number of hydrogen-bond donors (Lipinski definition) is 2. The van der Waals surface area contributed by atoms with Gasteiger partial charge in [-0.25, -0.2) is 4.98 Å². The van der Waals surface area contributed by atoms with Gasteiger partial charge in [-0.05, 0) is 37.3 Å². The summed E-state index contributed by atoms with van der Waals surface area (Å²) in [5.74, 6) is 2.03. The first-order valence-corrected chi connectivity index (χ1v) is 11.5. The third kappa shape index (κ3) is 4.15. The summed E-state index contributed by atoms with van der Waals surface area (Å²) >= 11 is 3.28. The Balaban J connectivity index is 1.28. The molecule has 0 radical (unpaired) electrons. The minimum Gasteiger partial charge on any atom is -0.350 e. The van der Waals surface area contributed by atoms with Crippen molar-refractivity contribution in [1.29, 1.82) is 0 Å². The van der Waals surface area contributed by atoms with Crippen molar-refractivity contribution in [2.45, 2.75) is 44.4 Å². The average Bonchev–Trinajstić information content (AvgIpc) is 3.26. The molecule has 3 aromatic rings. The zero-order chi connectivity index (χ0) is 19.5. The molecule has 0 saturated carbocycles. The van der Waals surface area contributed by atoms with Crippen LogP contribution < -0.4 is 10.9 Å². The highest BCUT2D eigenvalue weighted by Gasteiger charge is 2.21. The van der Waals surface area contributed by atoms with E-state index in [-0.39, 0.29) is 17.5 Å². The largest absolute Gasteiger partial charge is 0.350 e. The molecule has 0 spiro atoms. The molecule has 5 nitrogen and oxygen atoms in total. The van der Waals surface area contributed by atoms with Gasteiger partial charge in [0.1, 0.15) is 10.7 Å². The molecule has 1 aliphatic rings. The second kappa shape index (κ2) is 8.49. The van der Waals surface area contributed by atoms with E-state index in [1.54, 1.807) is 23.1 Å². The van der Waals surface area contributed by atoms with Crippen LogP contribution >= 0.6 is 23.1 Å². The Morgan fingerprint density at radius 1 is 1.32 bits per heavy atom. The summed E-state index contributed by atoms with van der Waals surface area (Å²) in [7, 11) is 0. The molecule has 2 N–H and O–H groups in total. The van der Waals surface area contributed by atoms with Crippen LogP contribution in [0.15, 0.2) is 35.1 Å². The van der Waals surface area contributed by atoms with Gasteiger partial charge < -0.3 is 10.3 Å². The van der Waals surface area contributed by atoms with Gasteiger partial charge in [0.15, 0.2) is 0 Å². The number of carbonyl (C=O) groups is 1. The van der Waals surface area contributed by atoms with Crippen molar-refractivity contribution in [3.8, 4) is 0 Å². The number of amides is 1. The maximum Gasteiger partial charge on any atom is 0.259 e. The van der Waals surface area contributed by atoms with Crippen LogP contribution in [0.25, 0.3) is 10.2 Å². The van der Waals surface area contributed by atoms with E-state index in [4.69, 9.17) is 0 Å². The Morgan fingerprint density at radius 2 is 2.14 bits per heavy atom. The lowest BCUT2D eigenvalue weighted by Crippen LogP contribution is -2.26. The van der Waals surface area contributed by atoms with Gasteiger partial charge in [-0.15, -0.1) is 11.3 Å². The van der Waals surface area contributed by atoms with Crippen molar-refractivity contribution in [2.75, 3.05) is 5.75 Å². The van der Waals surface area contributed by atoms with Crippen molar-refractivity contribution in [2.24, 2.45) is 0 Å². The lowest BCUT2D eigenvalue weighted by Gasteiger charge is -2.14. The summed E-state index contributed by atoms with van der Waals surface area (Å²) in [4.78, 5) is 34.4. The Labute approximate surface area is 172 Å². The molecule has 1 amide bonds. The fourth-order valence-corrected chi connectivity index (χ4v) is 5.67. The number of H-pyrrole nitrogens is 1. The van der Waals surface area contributed by atoms with Gasteiger partial charge in [0, 0.05) is 17.1 Å². The predicted octanol–water partition coefficient (Wildman–Crippen LogP) is 3.97. The van der Waals surface area contributed by atoms with E-state index in [1.807, 2.05) is 37.3 Å². The maximum atomic E-state index is 12.5. The van der Waals surface area contributed by atoms with Crippen molar-refractivity contribution in [3.63, 3.8) is 0 Å². The number of fused-ring (bicyclic) bond motifs is 3. The Bertz CT molecular complexity index is 1040. The third-order valence-corrected chi connectivity index (χ3v) is 7.17. The van der Waals surface area contributed by atoms with Gasteiger partial charge in [-0.1, -0.05) is 30.3 Å². The van der Waals surface area contributed by atoms with Crippen molar-refractivity contribution in [3.05, 3.63) is 62.5 Å². The number of rotatable bonds is 7. The zero-order valence-electron chi connectivity index (χ0n) is 15.8. The molecule has 0 fully saturated rings. The standard InChI is InChI=1S/C21H23N3O2S2/c1-13(14-6-3-2-4-7-14)22-18(25)10-11-27-12-17-23-20(26)19-15-8-5-9-16(15)28-21(19)24-17/h2-4,6-7,13H,5,8-12H2,1H3,(H,22,25)(H,23,24,26). The zero-order valence-corrected chi connectivity index (χ0v) is 17.4. The Hall–Kier alpha value is -2.12. The molecular formula is C21H23N3O2S2. The normalized spacial score (nSPS) is 14.2. The topological polar surface area (TPSA) is 74.8 Å². The summed E-state index contributed by atoms with van der Waals surface area (Å²) in [5, 5.41) is 3.82. The number of carbonyl (C=O) groups excluding carboxylic acids is 1. The van der Waals surface area contributed by atoms with E-state index < -0.39 is 0 Å². The first kappa shape index (κ1) is 19.2. The fourth-order valence-electron chi connectivity index (χ4n) is 3.59. The van der Waals surface area contributed by atoms with Crippen LogP contribution in [0.1, 0.15) is 47.6 Å². The monoisotopic (exact) mass is 413 g/mol. The lowest BCUT2D eigenvalue weighted by molar-refractivity contribution is -0.121. The maximum absolute atomic E-state index is 12.5. The molecule has 28 heavy (non-hydrogen) atoms. The van der Waals surface area contributed by atoms with E-state index in [2.05, 4.69) is 15.3 Å². The quantitative estimate of drug-likeness (QED) is 0.575. The molecule has 1 aliphatic carbocycles. The highest BCUT2D eigenvalue weighted by Crippen LogP contribution is 2.34. The number of benzene rings is 1. The van der Waals surface area contributed by atoms with Gasteiger partial charge in [-0.3, -0.25) is 9.59 Å². The van der Waals surface area contributed by atoms with E-state index in [0.29, 0.717) is 23.8 Å². The van der Waals surface area contributed by atoms with Gasteiger partial charge in [0.2, 0.25) is 5.91 Å². The predicted molar refractivity (Wildman–Crippen MR) is 116 cm³/mol. The molecule has 146 valence electrons. The van der Waals surface area contributed by atoms with Crippen molar-refractivity contribution >= 4 is 39.2 Å². The van der Waals surface area contributed by atoms with E-state index in [0.717, 1.165) is 35.0 Å². The van der Waals surface area contributed by atoms with Crippen LogP contribution in [0.4, 0.5) is 0 Å². The number of thioether (sulfide) groups is 1. The Morgan fingerprint density at radius 3 is 2.96 bits per heavy atom. The van der Waals surface area contributed by atoms with Crippen LogP contribution in [0, 0.1) is 0 Å². The molecule has 0 saturated heterocycles. The molecule has 4 rings (SSSR count). The van der Waals surface area contributed by atoms with Gasteiger partial charge in [-0.2, -0.15) is 11.8 Å². The number of aryl methyl sites for hydroxylation is 2. The summed E-state index contributed by atoms with van der Waals surface area (Å²) in [5.41, 5.74) is 2.29. The Kier molecular flexibility index (Phi) is 5.82. The van der Waals surface area contributed by atoms with Gasteiger partial charge in [0.25, 0.3) is 5.56 Å². The van der Waals surface area contributed by atoms with Crippen molar-refractivity contribution < 1.29 is 4.79 Å². The SMILES string of the molecule is CC(NC(=O)CCSCc1nc2sc3c(c2c(=O)[nH]1)CCC3)c1ccccc1. The summed E-state index contributed by atoms with van der Waals surface area (Å²) < 4.78 is 0. The van der Waals surface area contributed by atoms with Crippen LogP contribution in [0.3, 0.4) is 0 Å². The van der Waals surface area contributed by atoms with E-state index in [9.17, 15) is 9.59 Å². The van der Waals surface area contributed by atoms with Crippen LogP contribution in [-0.2, 0) is 23.4 Å². The van der Waals surface area contributed by atoms with Crippen LogP contribution in [-0.4, -0.2) is 21.6 Å². The molecule has 1 aromatic carbocycles. The highest BCUT2D eigenvalue weighted by atomic mass is 32.2. The number of aromatic amines is 1. The third-order valence-electron chi connectivity index (χ3n) is 5.01. The van der Waals surface area contributed by atoms with Crippen LogP contribution in [0.5, 0.6) is 0 Å². The first-order valence-electron chi connectivity index (χ1n) is 9.57. The lowest BCUT2D eigenvalue weighted by atomic mass is 10.1. The second-order valence-electron chi connectivity index (χ2n) is 7.05. The molecule has 0 aliphatic heterocycles. The van der Waals surface area contributed by atoms with Gasteiger partial charge >= 0.3 is 0 Å². The number of thiophene rings is 1. The van der Waals surface area contributed by atoms with Crippen LogP contribution in [0.2, 0.25) is 0 Å². The summed E-state index contributed by atoms with van der Waals surface area (Å²) in [6.45, 7) is 1.99. The molecule has 2 heterocycles. The minimum atomic E-state index is -0.0190. The summed E-state index contributed by atoms with van der Waals surface area (Å²) in [6, 6.07) is 9.94. The fraction of sp³-hybridized carbons (Fsp3) is 0.381. The number of aromatic nitrogens is 2. The molecular weight excluding hydrogens is 390 g/mol. The van der Waals surface area contributed by atoms with Gasteiger partial charge in [0.05, 0.1) is 17.2 Å². The van der Waals surface area contributed by atoms with Crippen molar-refractivity contribution in [1.82, 2.24) is 15.3 Å². The smallest absolute Gasteiger partial charge is 0.259 e. The molecule has 0 bridgehead atoms. The highest BCUT2D eigenvalue weighted by molar-refractivity contribution is 7.98. The van der Waals surface area contributed by atoms with E-state index in [1.165, 1.54) is 10.4 Å². The summed E-state index contributed by atoms with van der Waals surface area (Å²) in [6.07, 6.45) is 3.64. The average molecular weight is 414 g/mol.